The molecule has 5 nitrogen and oxygen atoms in total. The van der Waals surface area contributed by atoms with Crippen LogP contribution in [0.3, 0.4) is 0 Å². The fraction of sp³-hybridized carbons (Fsp3) is 0.500. The van der Waals surface area contributed by atoms with Crippen LogP contribution in [0.1, 0.15) is 36.5 Å². The largest absolute Gasteiger partial charge is 0.339 e. The third-order valence-electron chi connectivity index (χ3n) is 3.71. The molecule has 1 fully saturated rings. The summed E-state index contributed by atoms with van der Waals surface area (Å²) in [6.45, 7) is 3.64. The van der Waals surface area contributed by atoms with Gasteiger partial charge in [-0.1, -0.05) is 13.0 Å². The number of hydrogen-bond acceptors (Lipinski definition) is 3. The number of likely N-dealkylation sites (tertiary alicyclic amines) is 1. The smallest absolute Gasteiger partial charge is 0.253 e. The Morgan fingerprint density at radius 3 is 2.75 bits per heavy atom. The summed E-state index contributed by atoms with van der Waals surface area (Å²) in [7, 11) is -3.78. The van der Waals surface area contributed by atoms with Gasteiger partial charge in [-0.2, -0.15) is 0 Å². The van der Waals surface area contributed by atoms with Crippen molar-refractivity contribution in [1.29, 1.82) is 0 Å². The van der Waals surface area contributed by atoms with Crippen molar-refractivity contribution in [3.63, 3.8) is 0 Å². The first kappa shape index (κ1) is 15.0. The average Bonchev–Trinajstić information content (AvgIpc) is 2.62. The van der Waals surface area contributed by atoms with Crippen LogP contribution in [0.25, 0.3) is 0 Å². The molecule has 1 saturated heterocycles. The summed E-state index contributed by atoms with van der Waals surface area (Å²) in [6.07, 6.45) is 3.10. The lowest BCUT2D eigenvalue weighted by atomic mass is 10.0. The maximum Gasteiger partial charge on any atom is 0.253 e. The van der Waals surface area contributed by atoms with E-state index in [0.717, 1.165) is 32.4 Å². The van der Waals surface area contributed by atoms with Gasteiger partial charge in [0.05, 0.1) is 4.90 Å². The number of benzene rings is 1. The van der Waals surface area contributed by atoms with Crippen LogP contribution < -0.4 is 5.14 Å². The maximum atomic E-state index is 12.4. The Morgan fingerprint density at radius 1 is 1.30 bits per heavy atom. The van der Waals surface area contributed by atoms with Crippen LogP contribution in [0.4, 0.5) is 0 Å². The lowest BCUT2D eigenvalue weighted by Crippen LogP contribution is -2.32. The number of carbonyl (C=O) groups is 1. The number of primary sulfonamides is 1. The van der Waals surface area contributed by atoms with Gasteiger partial charge < -0.3 is 4.90 Å². The Kier molecular flexibility index (Phi) is 4.45. The summed E-state index contributed by atoms with van der Waals surface area (Å²) in [5, 5.41) is 5.09. The molecule has 1 atom stereocenters. The van der Waals surface area contributed by atoms with E-state index in [1.807, 2.05) is 0 Å². The first-order chi connectivity index (χ1) is 9.38. The summed E-state index contributed by atoms with van der Waals surface area (Å²) in [4.78, 5) is 14.2. The lowest BCUT2D eigenvalue weighted by Gasteiger charge is -2.20. The van der Waals surface area contributed by atoms with Gasteiger partial charge in [0, 0.05) is 18.7 Å². The number of sulfonamides is 1. The van der Waals surface area contributed by atoms with Crippen LogP contribution in [-0.2, 0) is 10.0 Å². The summed E-state index contributed by atoms with van der Waals surface area (Å²) in [6, 6.07) is 5.93. The third-order valence-corrected chi connectivity index (χ3v) is 4.62. The Labute approximate surface area is 119 Å². The van der Waals surface area contributed by atoms with E-state index in [2.05, 4.69) is 6.92 Å². The van der Waals surface area contributed by atoms with Gasteiger partial charge >= 0.3 is 0 Å². The molecule has 0 bridgehead atoms. The van der Waals surface area contributed by atoms with E-state index < -0.39 is 10.0 Å². The lowest BCUT2D eigenvalue weighted by molar-refractivity contribution is 0.0760. The van der Waals surface area contributed by atoms with Gasteiger partial charge in [-0.25, -0.2) is 13.6 Å². The van der Waals surface area contributed by atoms with E-state index in [-0.39, 0.29) is 10.8 Å². The van der Waals surface area contributed by atoms with Gasteiger partial charge in [0.25, 0.3) is 5.91 Å². The normalized spacial score (nSPS) is 20.5. The van der Waals surface area contributed by atoms with Crippen LogP contribution in [0, 0.1) is 5.92 Å². The molecule has 0 saturated carbocycles. The molecule has 1 aliphatic rings. The van der Waals surface area contributed by atoms with Crippen molar-refractivity contribution in [3.8, 4) is 0 Å². The van der Waals surface area contributed by atoms with Gasteiger partial charge in [-0.3, -0.25) is 4.79 Å². The van der Waals surface area contributed by atoms with Crippen molar-refractivity contribution in [1.82, 2.24) is 4.90 Å². The van der Waals surface area contributed by atoms with Gasteiger partial charge in [-0.05, 0) is 43.4 Å². The molecule has 0 radical (unpaired) electrons. The monoisotopic (exact) mass is 296 g/mol. The Hall–Kier alpha value is -1.40. The highest BCUT2D eigenvalue weighted by atomic mass is 32.2. The van der Waals surface area contributed by atoms with Crippen molar-refractivity contribution >= 4 is 15.9 Å². The second-order valence-electron chi connectivity index (χ2n) is 5.40. The topological polar surface area (TPSA) is 80.5 Å². The molecule has 1 aromatic rings. The zero-order valence-corrected chi connectivity index (χ0v) is 12.4. The minimum atomic E-state index is -3.78. The first-order valence-electron chi connectivity index (χ1n) is 6.80. The minimum Gasteiger partial charge on any atom is -0.339 e. The van der Waals surface area contributed by atoms with Crippen LogP contribution in [0.15, 0.2) is 29.2 Å². The fourth-order valence-corrected chi connectivity index (χ4v) is 3.01. The molecule has 1 amide bonds. The zero-order valence-electron chi connectivity index (χ0n) is 11.6. The molecular weight excluding hydrogens is 276 g/mol. The number of nitrogens with zero attached hydrogens (tertiary/aromatic N) is 1. The number of carbonyl (C=O) groups excluding carboxylic acids is 1. The molecule has 0 spiro atoms. The second kappa shape index (κ2) is 5.93. The van der Waals surface area contributed by atoms with Crippen LogP contribution in [0.2, 0.25) is 0 Å². The van der Waals surface area contributed by atoms with Gasteiger partial charge in [-0.15, -0.1) is 0 Å². The molecule has 0 aliphatic carbocycles. The second-order valence-corrected chi connectivity index (χ2v) is 6.96. The molecular formula is C14H20N2O3S. The van der Waals surface area contributed by atoms with Crippen LogP contribution >= 0.6 is 0 Å². The Balaban J connectivity index is 2.21. The minimum absolute atomic E-state index is 0.0217. The molecule has 2 N–H and O–H groups in total. The van der Waals surface area contributed by atoms with E-state index in [9.17, 15) is 13.2 Å². The van der Waals surface area contributed by atoms with E-state index in [4.69, 9.17) is 5.14 Å². The van der Waals surface area contributed by atoms with E-state index >= 15 is 0 Å². The fourth-order valence-electron chi connectivity index (χ4n) is 2.45. The van der Waals surface area contributed by atoms with Crippen molar-refractivity contribution in [2.24, 2.45) is 11.1 Å². The zero-order chi connectivity index (χ0) is 14.8. The van der Waals surface area contributed by atoms with Crippen LogP contribution in [-0.4, -0.2) is 32.3 Å². The molecule has 1 aliphatic heterocycles. The quantitative estimate of drug-likeness (QED) is 0.900. The standard InChI is InChI=1S/C14H20N2O3S/c1-11-4-3-8-16(9-7-11)14(17)12-5-2-6-13(10-12)20(15,18)19/h2,5-6,10-11H,3-4,7-9H2,1H3,(H2,15,18,19). The van der Waals surface area contributed by atoms with Crippen LogP contribution in [0.5, 0.6) is 0 Å². The molecule has 2 rings (SSSR count). The van der Waals surface area contributed by atoms with E-state index in [1.54, 1.807) is 17.0 Å². The summed E-state index contributed by atoms with van der Waals surface area (Å²) in [5.74, 6) is 0.508. The van der Waals surface area contributed by atoms with E-state index in [0.29, 0.717) is 11.5 Å². The number of nitrogens with two attached hydrogens (primary N) is 1. The molecule has 1 aromatic carbocycles. The summed E-state index contributed by atoms with van der Waals surface area (Å²) in [5.41, 5.74) is 0.381. The molecule has 1 unspecified atom stereocenters. The Morgan fingerprint density at radius 2 is 2.05 bits per heavy atom. The molecule has 0 aromatic heterocycles. The average molecular weight is 296 g/mol. The summed E-state index contributed by atoms with van der Waals surface area (Å²) >= 11 is 0. The van der Waals surface area contributed by atoms with Crippen molar-refractivity contribution < 1.29 is 13.2 Å². The number of amides is 1. The van der Waals surface area contributed by atoms with Gasteiger partial charge in [0.15, 0.2) is 0 Å². The highest BCUT2D eigenvalue weighted by Crippen LogP contribution is 2.19. The predicted molar refractivity (Wildman–Crippen MR) is 76.7 cm³/mol. The SMILES string of the molecule is CC1CCCN(C(=O)c2cccc(S(N)(=O)=O)c2)CC1. The predicted octanol–water partition coefficient (Wildman–Crippen LogP) is 1.60. The molecule has 6 heteroatoms. The number of hydrogen-bond donors (Lipinski definition) is 1. The molecule has 1 heterocycles. The first-order valence-corrected chi connectivity index (χ1v) is 8.34. The van der Waals surface area contributed by atoms with Crippen molar-refractivity contribution in [3.05, 3.63) is 29.8 Å². The highest BCUT2D eigenvalue weighted by molar-refractivity contribution is 7.89. The highest BCUT2D eigenvalue weighted by Gasteiger charge is 2.20. The third kappa shape index (κ3) is 3.58. The summed E-state index contributed by atoms with van der Waals surface area (Å²) < 4.78 is 22.7. The van der Waals surface area contributed by atoms with Gasteiger partial charge in [0.1, 0.15) is 0 Å². The van der Waals surface area contributed by atoms with Crippen molar-refractivity contribution in [2.45, 2.75) is 31.1 Å². The molecule has 20 heavy (non-hydrogen) atoms. The Bertz CT molecular complexity index is 598. The number of rotatable bonds is 2. The van der Waals surface area contributed by atoms with Crippen molar-refractivity contribution in [2.75, 3.05) is 13.1 Å². The van der Waals surface area contributed by atoms with E-state index in [1.165, 1.54) is 12.1 Å². The molecule has 110 valence electrons. The maximum absolute atomic E-state index is 12.4. The van der Waals surface area contributed by atoms with Gasteiger partial charge in [0.2, 0.25) is 10.0 Å².